The molecule has 1 unspecified atom stereocenters. The highest BCUT2D eigenvalue weighted by Crippen LogP contribution is 2.26. The van der Waals surface area contributed by atoms with Gasteiger partial charge in [0.15, 0.2) is 0 Å². The van der Waals surface area contributed by atoms with Gasteiger partial charge in [-0.15, -0.1) is 0 Å². The smallest absolute Gasteiger partial charge is 0.223 e. The molecule has 1 heterocycles. The minimum atomic E-state index is 0.269. The lowest BCUT2D eigenvalue weighted by atomic mass is 9.88. The van der Waals surface area contributed by atoms with E-state index < -0.39 is 0 Å². The maximum atomic E-state index is 12.3. The maximum absolute atomic E-state index is 12.3. The molecule has 1 amide bonds. The van der Waals surface area contributed by atoms with Gasteiger partial charge in [0, 0.05) is 30.7 Å². The SMILES string of the molecule is O=C(NCC1CCCN1c1ccccc1)C1CCCCC1. The van der Waals surface area contributed by atoms with Crippen LogP contribution in [0.1, 0.15) is 44.9 Å². The molecule has 1 saturated heterocycles. The zero-order valence-electron chi connectivity index (χ0n) is 12.8. The Morgan fingerprint density at radius 3 is 2.57 bits per heavy atom. The minimum Gasteiger partial charge on any atom is -0.367 e. The van der Waals surface area contributed by atoms with E-state index in [1.807, 2.05) is 0 Å². The van der Waals surface area contributed by atoms with Crippen LogP contribution in [-0.2, 0) is 4.79 Å². The molecule has 3 heteroatoms. The summed E-state index contributed by atoms with van der Waals surface area (Å²) in [5, 5.41) is 3.21. The number of nitrogens with zero attached hydrogens (tertiary/aromatic N) is 1. The Morgan fingerprint density at radius 2 is 1.81 bits per heavy atom. The third-order valence-corrected chi connectivity index (χ3v) is 4.95. The van der Waals surface area contributed by atoms with E-state index in [-0.39, 0.29) is 11.8 Å². The van der Waals surface area contributed by atoms with Crippen molar-refractivity contribution in [3.63, 3.8) is 0 Å². The fourth-order valence-electron chi connectivity index (χ4n) is 3.73. The van der Waals surface area contributed by atoms with Gasteiger partial charge in [-0.3, -0.25) is 4.79 Å². The first-order valence-electron chi connectivity index (χ1n) is 8.44. The summed E-state index contributed by atoms with van der Waals surface area (Å²) in [7, 11) is 0. The van der Waals surface area contributed by atoms with Gasteiger partial charge in [-0.1, -0.05) is 37.5 Å². The summed E-state index contributed by atoms with van der Waals surface area (Å²) in [6.45, 7) is 1.90. The van der Waals surface area contributed by atoms with E-state index >= 15 is 0 Å². The molecule has 1 saturated carbocycles. The van der Waals surface area contributed by atoms with Gasteiger partial charge in [0.05, 0.1) is 0 Å². The van der Waals surface area contributed by atoms with Gasteiger partial charge in [0.2, 0.25) is 5.91 Å². The normalized spacial score (nSPS) is 23.2. The molecule has 0 aromatic heterocycles. The molecular weight excluding hydrogens is 260 g/mol. The average molecular weight is 286 g/mol. The Kier molecular flexibility index (Phi) is 4.79. The van der Waals surface area contributed by atoms with Crippen LogP contribution in [0.2, 0.25) is 0 Å². The number of para-hydroxylation sites is 1. The highest BCUT2D eigenvalue weighted by molar-refractivity contribution is 5.78. The topological polar surface area (TPSA) is 32.3 Å². The molecular formula is C18H26N2O. The van der Waals surface area contributed by atoms with Gasteiger partial charge in [-0.2, -0.15) is 0 Å². The monoisotopic (exact) mass is 286 g/mol. The fourth-order valence-corrected chi connectivity index (χ4v) is 3.73. The summed E-state index contributed by atoms with van der Waals surface area (Å²) in [5.41, 5.74) is 1.28. The van der Waals surface area contributed by atoms with E-state index in [0.717, 1.165) is 25.9 Å². The summed E-state index contributed by atoms with van der Waals surface area (Å²) in [4.78, 5) is 14.7. The van der Waals surface area contributed by atoms with E-state index in [9.17, 15) is 4.79 Å². The number of anilines is 1. The van der Waals surface area contributed by atoms with E-state index in [0.29, 0.717) is 6.04 Å². The van der Waals surface area contributed by atoms with Gasteiger partial charge in [-0.25, -0.2) is 0 Å². The van der Waals surface area contributed by atoms with Crippen LogP contribution in [0.25, 0.3) is 0 Å². The number of benzene rings is 1. The molecule has 1 aliphatic heterocycles. The Labute approximate surface area is 127 Å². The molecule has 3 nitrogen and oxygen atoms in total. The van der Waals surface area contributed by atoms with Crippen LogP contribution in [0.3, 0.4) is 0 Å². The first-order chi connectivity index (χ1) is 10.3. The summed E-state index contributed by atoms with van der Waals surface area (Å²) in [6, 6.07) is 11.0. The number of nitrogens with one attached hydrogen (secondary N) is 1. The van der Waals surface area contributed by atoms with Crippen molar-refractivity contribution >= 4 is 11.6 Å². The highest BCUT2D eigenvalue weighted by atomic mass is 16.1. The van der Waals surface area contributed by atoms with Crippen LogP contribution < -0.4 is 10.2 Å². The Bertz CT molecular complexity index is 454. The third-order valence-electron chi connectivity index (χ3n) is 4.95. The molecule has 2 fully saturated rings. The molecule has 1 aromatic carbocycles. The molecule has 1 aliphatic carbocycles. The van der Waals surface area contributed by atoms with Crippen molar-refractivity contribution in [3.05, 3.63) is 30.3 Å². The van der Waals surface area contributed by atoms with Gasteiger partial charge in [-0.05, 0) is 37.8 Å². The number of amides is 1. The second-order valence-corrected chi connectivity index (χ2v) is 6.41. The van der Waals surface area contributed by atoms with Crippen molar-refractivity contribution in [1.29, 1.82) is 0 Å². The van der Waals surface area contributed by atoms with Gasteiger partial charge >= 0.3 is 0 Å². The van der Waals surface area contributed by atoms with E-state index in [4.69, 9.17) is 0 Å². The van der Waals surface area contributed by atoms with Crippen LogP contribution in [0.15, 0.2) is 30.3 Å². The molecule has 114 valence electrons. The summed E-state index contributed by atoms with van der Waals surface area (Å²) in [5.74, 6) is 0.556. The molecule has 0 radical (unpaired) electrons. The number of rotatable bonds is 4. The molecule has 1 N–H and O–H groups in total. The predicted octanol–water partition coefficient (Wildman–Crippen LogP) is 3.35. The van der Waals surface area contributed by atoms with Crippen molar-refractivity contribution in [2.24, 2.45) is 5.92 Å². The third kappa shape index (κ3) is 3.58. The van der Waals surface area contributed by atoms with Crippen molar-refractivity contribution in [2.45, 2.75) is 51.0 Å². The van der Waals surface area contributed by atoms with Gasteiger partial charge in [0.25, 0.3) is 0 Å². The maximum Gasteiger partial charge on any atom is 0.223 e. The fraction of sp³-hybridized carbons (Fsp3) is 0.611. The quantitative estimate of drug-likeness (QED) is 0.920. The standard InChI is InChI=1S/C18H26N2O/c21-18(15-8-3-1-4-9-15)19-14-17-12-7-13-20(17)16-10-5-2-6-11-16/h2,5-6,10-11,15,17H,1,3-4,7-9,12-14H2,(H,19,21). The second-order valence-electron chi connectivity index (χ2n) is 6.41. The minimum absolute atomic E-state index is 0.269. The lowest BCUT2D eigenvalue weighted by Gasteiger charge is -2.28. The van der Waals surface area contributed by atoms with E-state index in [1.54, 1.807) is 0 Å². The summed E-state index contributed by atoms with van der Waals surface area (Å²) >= 11 is 0. The average Bonchev–Trinajstić information content (AvgIpc) is 3.03. The first-order valence-corrected chi connectivity index (χ1v) is 8.44. The lowest BCUT2D eigenvalue weighted by Crippen LogP contribution is -2.42. The molecule has 0 bridgehead atoms. The number of carbonyl (C=O) groups is 1. The second kappa shape index (κ2) is 6.97. The zero-order valence-corrected chi connectivity index (χ0v) is 12.8. The van der Waals surface area contributed by atoms with Crippen LogP contribution in [-0.4, -0.2) is 25.0 Å². The van der Waals surface area contributed by atoms with Crippen LogP contribution >= 0.6 is 0 Å². The van der Waals surface area contributed by atoms with Crippen molar-refractivity contribution in [2.75, 3.05) is 18.0 Å². The molecule has 3 rings (SSSR count). The van der Waals surface area contributed by atoms with Gasteiger partial charge in [0.1, 0.15) is 0 Å². The van der Waals surface area contributed by atoms with Crippen molar-refractivity contribution in [3.8, 4) is 0 Å². The van der Waals surface area contributed by atoms with Crippen LogP contribution in [0, 0.1) is 5.92 Å². The molecule has 21 heavy (non-hydrogen) atoms. The Hall–Kier alpha value is -1.51. The van der Waals surface area contributed by atoms with Crippen molar-refractivity contribution in [1.82, 2.24) is 5.32 Å². The van der Waals surface area contributed by atoms with Crippen LogP contribution in [0.4, 0.5) is 5.69 Å². The highest BCUT2D eigenvalue weighted by Gasteiger charge is 2.26. The zero-order chi connectivity index (χ0) is 14.5. The molecule has 1 atom stereocenters. The summed E-state index contributed by atoms with van der Waals surface area (Å²) in [6.07, 6.45) is 8.31. The number of hydrogen-bond acceptors (Lipinski definition) is 2. The number of carbonyl (C=O) groups excluding carboxylic acids is 1. The van der Waals surface area contributed by atoms with E-state index in [1.165, 1.54) is 37.8 Å². The van der Waals surface area contributed by atoms with Crippen molar-refractivity contribution < 1.29 is 4.79 Å². The van der Waals surface area contributed by atoms with Gasteiger partial charge < -0.3 is 10.2 Å². The Morgan fingerprint density at radius 1 is 1.05 bits per heavy atom. The molecule has 0 spiro atoms. The Balaban J connectivity index is 1.53. The predicted molar refractivity (Wildman–Crippen MR) is 86.4 cm³/mol. The lowest BCUT2D eigenvalue weighted by molar-refractivity contribution is -0.125. The largest absolute Gasteiger partial charge is 0.367 e. The summed E-state index contributed by atoms with van der Waals surface area (Å²) < 4.78 is 0. The molecule has 2 aliphatic rings. The number of hydrogen-bond donors (Lipinski definition) is 1. The van der Waals surface area contributed by atoms with E-state index in [2.05, 4.69) is 40.5 Å². The first kappa shape index (κ1) is 14.4. The van der Waals surface area contributed by atoms with Crippen LogP contribution in [0.5, 0.6) is 0 Å². The molecule has 1 aromatic rings.